The highest BCUT2D eigenvalue weighted by atomic mass is 16.9. The minimum atomic E-state index is -0.851. The third-order valence-corrected chi connectivity index (χ3v) is 4.81. The van der Waals surface area contributed by atoms with E-state index < -0.39 is 5.97 Å². The van der Waals surface area contributed by atoms with Gasteiger partial charge in [-0.05, 0) is 12.3 Å². The molecule has 3 aliphatic heterocycles. The molecule has 3 saturated heterocycles. The number of carbonyl (C=O) groups excluding carboxylic acids is 1. The van der Waals surface area contributed by atoms with E-state index in [4.69, 9.17) is 14.2 Å². The molecule has 17 heavy (non-hydrogen) atoms. The Morgan fingerprint density at radius 2 is 1.94 bits per heavy atom. The molecule has 4 heteroatoms. The van der Waals surface area contributed by atoms with Crippen molar-refractivity contribution in [2.24, 2.45) is 5.92 Å². The number of hydrogen-bond donors (Lipinski definition) is 0. The van der Waals surface area contributed by atoms with Crippen molar-refractivity contribution in [3.8, 4) is 0 Å². The average molecular weight is 238 g/mol. The van der Waals surface area contributed by atoms with Gasteiger partial charge in [0.25, 0.3) is 5.97 Å². The lowest BCUT2D eigenvalue weighted by molar-refractivity contribution is -0.514. The van der Waals surface area contributed by atoms with Crippen LogP contribution in [0.4, 0.5) is 0 Å². The van der Waals surface area contributed by atoms with Gasteiger partial charge >= 0.3 is 0 Å². The lowest BCUT2D eigenvalue weighted by Gasteiger charge is -2.61. The summed E-state index contributed by atoms with van der Waals surface area (Å²) >= 11 is 0. The van der Waals surface area contributed by atoms with Gasteiger partial charge in [0.05, 0.1) is 17.8 Å². The van der Waals surface area contributed by atoms with E-state index in [1.807, 2.05) is 6.92 Å². The van der Waals surface area contributed by atoms with Crippen molar-refractivity contribution in [2.45, 2.75) is 69.2 Å². The van der Waals surface area contributed by atoms with Gasteiger partial charge in [0.1, 0.15) is 5.78 Å². The summed E-state index contributed by atoms with van der Waals surface area (Å²) in [5.74, 6) is -0.0795. The minimum Gasteiger partial charge on any atom is -0.324 e. The van der Waals surface area contributed by atoms with E-state index in [1.165, 1.54) is 0 Å². The fraction of sp³-hybridized carbons (Fsp3) is 0.923. The van der Waals surface area contributed by atoms with Gasteiger partial charge in [-0.3, -0.25) is 4.79 Å². The van der Waals surface area contributed by atoms with Crippen molar-refractivity contribution in [2.75, 3.05) is 0 Å². The Labute approximate surface area is 101 Å². The van der Waals surface area contributed by atoms with E-state index >= 15 is 0 Å². The normalized spacial score (nSPS) is 56.8. The zero-order valence-electron chi connectivity index (χ0n) is 10.1. The minimum absolute atomic E-state index is 0.148. The van der Waals surface area contributed by atoms with Gasteiger partial charge in [-0.2, -0.15) is 0 Å². The highest BCUT2D eigenvalue weighted by molar-refractivity contribution is 5.80. The predicted octanol–water partition coefficient (Wildman–Crippen LogP) is 1.77. The standard InChI is InChI=1S/C13H18O4/c1-12-15-10-5-11(16-12)7-13(6-10,17-12)8-2-3-9(14)4-8/h8,10-11H,2-7H2,1H3/t8?,10-,11+,12?,13?. The topological polar surface area (TPSA) is 44.8 Å². The highest BCUT2D eigenvalue weighted by Crippen LogP contribution is 2.55. The SMILES string of the molecule is CC12O[C@@H]3C[C@@H](CC(C4CCC(=O)C4)(C3)O1)O2. The van der Waals surface area contributed by atoms with Crippen LogP contribution in [0.3, 0.4) is 0 Å². The van der Waals surface area contributed by atoms with Gasteiger partial charge in [0.15, 0.2) is 0 Å². The summed E-state index contributed by atoms with van der Waals surface area (Å²) in [5, 5.41) is 0. The maximum atomic E-state index is 11.5. The first-order valence-electron chi connectivity index (χ1n) is 6.64. The van der Waals surface area contributed by atoms with Crippen LogP contribution in [0.5, 0.6) is 0 Å². The summed E-state index contributed by atoms with van der Waals surface area (Å²) in [4.78, 5) is 11.5. The molecule has 2 aliphatic carbocycles. The van der Waals surface area contributed by atoms with Gasteiger partial charge < -0.3 is 14.2 Å². The summed E-state index contributed by atoms with van der Waals surface area (Å²) in [7, 11) is 0. The van der Waals surface area contributed by atoms with Crippen molar-refractivity contribution >= 4 is 5.78 Å². The van der Waals surface area contributed by atoms with Crippen LogP contribution in [0.2, 0.25) is 0 Å². The van der Waals surface area contributed by atoms with E-state index in [-0.39, 0.29) is 17.8 Å². The molecule has 0 aromatic carbocycles. The Hall–Kier alpha value is -0.450. The molecule has 0 amide bonds. The summed E-state index contributed by atoms with van der Waals surface area (Å²) in [6.45, 7) is 1.87. The number of Topliss-reactive ketones (excluding diaryl/α,β-unsaturated/α-hetero) is 1. The molecule has 94 valence electrons. The van der Waals surface area contributed by atoms with Gasteiger partial charge in [0, 0.05) is 39.0 Å². The molecule has 0 aromatic rings. The molecule has 0 N–H and O–H groups in total. The Bertz CT molecular complexity index is 364. The highest BCUT2D eigenvalue weighted by Gasteiger charge is 2.62. The molecule has 2 saturated carbocycles. The third kappa shape index (κ3) is 1.44. The summed E-state index contributed by atoms with van der Waals surface area (Å²) in [6.07, 6.45) is 5.80. The Morgan fingerprint density at radius 1 is 1.24 bits per heavy atom. The van der Waals surface area contributed by atoms with Crippen molar-refractivity contribution in [3.63, 3.8) is 0 Å². The smallest absolute Gasteiger partial charge is 0.280 e. The van der Waals surface area contributed by atoms with Gasteiger partial charge in [-0.25, -0.2) is 0 Å². The molecule has 3 heterocycles. The van der Waals surface area contributed by atoms with Gasteiger partial charge in [0.2, 0.25) is 0 Å². The Kier molecular flexibility index (Phi) is 1.91. The Balaban J connectivity index is 1.67. The maximum Gasteiger partial charge on any atom is 0.280 e. The zero-order valence-corrected chi connectivity index (χ0v) is 10.1. The van der Waals surface area contributed by atoms with Crippen molar-refractivity contribution in [1.29, 1.82) is 0 Å². The second-order valence-corrected chi connectivity index (χ2v) is 6.13. The van der Waals surface area contributed by atoms with E-state index in [2.05, 4.69) is 0 Å². The monoisotopic (exact) mass is 238 g/mol. The van der Waals surface area contributed by atoms with Gasteiger partial charge in [-0.1, -0.05) is 0 Å². The predicted molar refractivity (Wildman–Crippen MR) is 58.2 cm³/mol. The van der Waals surface area contributed by atoms with Crippen molar-refractivity contribution in [1.82, 2.24) is 0 Å². The first kappa shape index (κ1) is 10.5. The molecule has 0 spiro atoms. The summed E-state index contributed by atoms with van der Waals surface area (Å²) < 4.78 is 17.7. The van der Waals surface area contributed by atoms with Crippen LogP contribution in [-0.4, -0.2) is 29.6 Å². The molecular formula is C13H18O4. The van der Waals surface area contributed by atoms with Crippen LogP contribution < -0.4 is 0 Å². The second-order valence-electron chi connectivity index (χ2n) is 6.13. The lowest BCUT2D eigenvalue weighted by Crippen LogP contribution is -2.68. The Morgan fingerprint density at radius 3 is 2.47 bits per heavy atom. The molecule has 0 aromatic heterocycles. The number of ketones is 1. The number of carbonyl (C=O) groups is 1. The number of ether oxygens (including phenoxy) is 3. The molecule has 0 radical (unpaired) electrons. The molecule has 4 nitrogen and oxygen atoms in total. The summed E-state index contributed by atoms with van der Waals surface area (Å²) in [6, 6.07) is 0. The fourth-order valence-corrected chi connectivity index (χ4v) is 4.31. The average Bonchev–Trinajstić information content (AvgIpc) is 2.61. The van der Waals surface area contributed by atoms with Crippen molar-refractivity contribution in [3.05, 3.63) is 0 Å². The molecule has 4 bridgehead atoms. The van der Waals surface area contributed by atoms with Crippen LogP contribution >= 0.6 is 0 Å². The molecular weight excluding hydrogens is 220 g/mol. The number of hydrogen-bond acceptors (Lipinski definition) is 4. The molecule has 3 unspecified atom stereocenters. The van der Waals surface area contributed by atoms with E-state index in [0.29, 0.717) is 18.1 Å². The quantitative estimate of drug-likeness (QED) is 0.698. The van der Waals surface area contributed by atoms with Crippen LogP contribution in [-0.2, 0) is 19.0 Å². The number of rotatable bonds is 1. The fourth-order valence-electron chi connectivity index (χ4n) is 4.31. The lowest BCUT2D eigenvalue weighted by atomic mass is 9.70. The van der Waals surface area contributed by atoms with E-state index in [1.54, 1.807) is 0 Å². The second kappa shape index (κ2) is 3.11. The summed E-state index contributed by atoms with van der Waals surface area (Å²) in [5.41, 5.74) is -0.148. The van der Waals surface area contributed by atoms with Crippen LogP contribution in [0.25, 0.3) is 0 Å². The van der Waals surface area contributed by atoms with Crippen LogP contribution in [0.15, 0.2) is 0 Å². The van der Waals surface area contributed by atoms with E-state index in [9.17, 15) is 4.79 Å². The first-order chi connectivity index (χ1) is 8.07. The van der Waals surface area contributed by atoms with Gasteiger partial charge in [-0.15, -0.1) is 0 Å². The van der Waals surface area contributed by atoms with E-state index in [0.717, 1.165) is 32.1 Å². The van der Waals surface area contributed by atoms with Crippen molar-refractivity contribution < 1.29 is 19.0 Å². The third-order valence-electron chi connectivity index (χ3n) is 4.81. The molecule has 5 atom stereocenters. The molecule has 5 rings (SSSR count). The zero-order chi connectivity index (χ0) is 11.7. The molecule has 5 fully saturated rings. The first-order valence-corrected chi connectivity index (χ1v) is 6.64. The van der Waals surface area contributed by atoms with Crippen LogP contribution in [0, 0.1) is 5.92 Å². The largest absolute Gasteiger partial charge is 0.324 e. The van der Waals surface area contributed by atoms with Crippen LogP contribution in [0.1, 0.15) is 45.4 Å². The molecule has 5 aliphatic rings. The maximum absolute atomic E-state index is 11.5.